The first-order valence-corrected chi connectivity index (χ1v) is 4.96. The summed E-state index contributed by atoms with van der Waals surface area (Å²) in [4.78, 5) is 9.77. The first-order valence-electron chi connectivity index (χ1n) is 4.55. The van der Waals surface area contributed by atoms with Crippen molar-refractivity contribution in [2.24, 2.45) is 5.73 Å². The molecule has 0 saturated heterocycles. The maximum atomic E-state index is 12.6. The molecule has 98 valence electrons. The lowest BCUT2D eigenvalue weighted by Crippen LogP contribution is -2.20. The van der Waals surface area contributed by atoms with Crippen LogP contribution in [-0.2, 0) is 6.18 Å². The molecule has 18 heavy (non-hydrogen) atoms. The number of aryl methyl sites for hydroxylation is 1. The van der Waals surface area contributed by atoms with Crippen LogP contribution in [0.15, 0.2) is 12.1 Å². The molecule has 9 heteroatoms. The highest BCUT2D eigenvalue weighted by Gasteiger charge is 2.35. The smallest absolute Gasteiger partial charge is 0.376 e. The molecule has 0 radical (unpaired) electrons. The molecule has 0 bridgehead atoms. The van der Waals surface area contributed by atoms with Crippen LogP contribution in [0.5, 0.6) is 0 Å². The molecule has 0 fully saturated rings. The number of nitrogens with one attached hydrogen (secondary N) is 1. The monoisotopic (exact) mass is 279 g/mol. The topological polar surface area (TPSA) is 81.2 Å². The molecule has 1 aromatic carbocycles. The minimum absolute atomic E-state index is 0.160. The third-order valence-corrected chi connectivity index (χ3v) is 2.20. The lowest BCUT2D eigenvalue weighted by Gasteiger charge is -2.12. The lowest BCUT2D eigenvalue weighted by atomic mass is 10.1. The second-order valence-electron chi connectivity index (χ2n) is 3.43. The van der Waals surface area contributed by atoms with Gasteiger partial charge in [-0.3, -0.25) is 10.1 Å². The fraction of sp³-hybridized carbons (Fsp3) is 0.222. The number of nitro groups is 1. The number of benzene rings is 1. The van der Waals surface area contributed by atoms with E-state index >= 15 is 0 Å². The Morgan fingerprint density at radius 2 is 2.06 bits per heavy atom. The Hall–Kier alpha value is -1.90. The van der Waals surface area contributed by atoms with Gasteiger partial charge in [-0.1, -0.05) is 0 Å². The number of halogens is 3. The maximum Gasteiger partial charge on any atom is 0.416 e. The van der Waals surface area contributed by atoms with Crippen LogP contribution in [0.3, 0.4) is 0 Å². The van der Waals surface area contributed by atoms with Gasteiger partial charge in [-0.25, -0.2) is 0 Å². The molecule has 0 spiro atoms. The molecule has 1 rings (SSSR count). The van der Waals surface area contributed by atoms with Crippen molar-refractivity contribution in [1.82, 2.24) is 0 Å². The first-order chi connectivity index (χ1) is 8.12. The van der Waals surface area contributed by atoms with E-state index in [2.05, 4.69) is 17.5 Å². The predicted molar refractivity (Wildman–Crippen MR) is 63.2 cm³/mol. The van der Waals surface area contributed by atoms with Crippen LogP contribution in [0.25, 0.3) is 0 Å². The number of alkyl halides is 3. The number of rotatable bonds is 2. The highest BCUT2D eigenvalue weighted by atomic mass is 32.1. The molecule has 0 heterocycles. The van der Waals surface area contributed by atoms with Crippen LogP contribution in [0.1, 0.15) is 11.1 Å². The van der Waals surface area contributed by atoms with Gasteiger partial charge >= 0.3 is 6.18 Å². The largest absolute Gasteiger partial charge is 0.416 e. The van der Waals surface area contributed by atoms with E-state index in [-0.39, 0.29) is 16.4 Å². The van der Waals surface area contributed by atoms with E-state index in [0.29, 0.717) is 6.07 Å². The molecule has 0 aliphatic carbocycles. The summed E-state index contributed by atoms with van der Waals surface area (Å²) in [6.45, 7) is 1.19. The summed E-state index contributed by atoms with van der Waals surface area (Å²) in [6.07, 6.45) is -4.66. The van der Waals surface area contributed by atoms with Gasteiger partial charge in [0.2, 0.25) is 0 Å². The highest BCUT2D eigenvalue weighted by Crippen LogP contribution is 2.37. The molecule has 5 nitrogen and oxygen atoms in total. The Morgan fingerprint density at radius 3 is 2.44 bits per heavy atom. The van der Waals surface area contributed by atoms with E-state index in [1.807, 2.05) is 0 Å². The molecule has 0 aliphatic heterocycles. The zero-order valence-electron chi connectivity index (χ0n) is 9.04. The maximum absolute atomic E-state index is 12.6. The van der Waals surface area contributed by atoms with E-state index < -0.39 is 22.4 Å². The number of nitrogens with zero attached hydrogens (tertiary/aromatic N) is 1. The van der Waals surface area contributed by atoms with Gasteiger partial charge in [0.15, 0.2) is 5.11 Å². The molecule has 0 amide bonds. The van der Waals surface area contributed by atoms with E-state index in [0.717, 1.165) is 6.07 Å². The minimum Gasteiger partial charge on any atom is -0.376 e. The lowest BCUT2D eigenvalue weighted by molar-refractivity contribution is -0.384. The van der Waals surface area contributed by atoms with Gasteiger partial charge < -0.3 is 11.1 Å². The summed E-state index contributed by atoms with van der Waals surface area (Å²) in [6, 6.07) is 1.44. The zero-order chi connectivity index (χ0) is 14.1. The van der Waals surface area contributed by atoms with Crippen LogP contribution in [0.2, 0.25) is 0 Å². The standard InChI is InChI=1S/C9H8F3N3O2S/c1-4-2-6(14-8(13)18)7(15(16)17)3-5(4)9(10,11)12/h2-3H,1H3,(H3,13,14,18). The molecular weight excluding hydrogens is 271 g/mol. The second-order valence-corrected chi connectivity index (χ2v) is 3.87. The number of nitrogens with two attached hydrogens (primary N) is 1. The van der Waals surface area contributed by atoms with Crippen LogP contribution in [0, 0.1) is 17.0 Å². The predicted octanol–water partition coefficient (Wildman–Crippen LogP) is 2.58. The van der Waals surface area contributed by atoms with Gasteiger partial charge in [0, 0.05) is 6.07 Å². The number of anilines is 1. The fourth-order valence-corrected chi connectivity index (χ4v) is 1.50. The molecule has 1 aromatic rings. The minimum atomic E-state index is -4.66. The molecule has 3 N–H and O–H groups in total. The Bertz CT molecular complexity index is 517. The highest BCUT2D eigenvalue weighted by molar-refractivity contribution is 7.80. The molecule has 0 aromatic heterocycles. The Labute approximate surface area is 105 Å². The van der Waals surface area contributed by atoms with Crippen molar-refractivity contribution >= 4 is 28.7 Å². The molecule has 0 atom stereocenters. The SMILES string of the molecule is Cc1cc(NC(N)=S)c([N+](=O)[O-])cc1C(F)(F)F. The van der Waals surface area contributed by atoms with Crippen molar-refractivity contribution in [2.45, 2.75) is 13.1 Å². The molecule has 0 unspecified atom stereocenters. The van der Waals surface area contributed by atoms with Crippen molar-refractivity contribution in [3.8, 4) is 0 Å². The van der Waals surface area contributed by atoms with Crippen LogP contribution in [0.4, 0.5) is 24.5 Å². The van der Waals surface area contributed by atoms with Crippen LogP contribution < -0.4 is 11.1 Å². The van der Waals surface area contributed by atoms with Gasteiger partial charge in [-0.05, 0) is 30.8 Å². The second kappa shape index (κ2) is 4.77. The summed E-state index contributed by atoms with van der Waals surface area (Å²) < 4.78 is 37.8. The van der Waals surface area contributed by atoms with Crippen molar-refractivity contribution in [2.75, 3.05) is 5.32 Å². The number of hydrogen-bond acceptors (Lipinski definition) is 3. The van der Waals surface area contributed by atoms with Crippen LogP contribution in [-0.4, -0.2) is 10.0 Å². The summed E-state index contributed by atoms with van der Waals surface area (Å²) >= 11 is 4.50. The number of hydrogen-bond donors (Lipinski definition) is 2. The molecular formula is C9H8F3N3O2S. The average Bonchev–Trinajstić information content (AvgIpc) is 2.13. The van der Waals surface area contributed by atoms with E-state index in [1.54, 1.807) is 0 Å². The quantitative estimate of drug-likeness (QED) is 0.494. The normalized spacial score (nSPS) is 11.1. The number of thiocarbonyl (C=S) groups is 1. The third kappa shape index (κ3) is 3.06. The summed E-state index contributed by atoms with van der Waals surface area (Å²) in [5.41, 5.74) is 3.01. The van der Waals surface area contributed by atoms with Gasteiger partial charge in [0.05, 0.1) is 10.5 Å². The molecule has 0 aliphatic rings. The summed E-state index contributed by atoms with van der Waals surface area (Å²) in [5.74, 6) is 0. The van der Waals surface area contributed by atoms with Gasteiger partial charge in [-0.2, -0.15) is 13.2 Å². The van der Waals surface area contributed by atoms with E-state index in [9.17, 15) is 23.3 Å². The van der Waals surface area contributed by atoms with Gasteiger partial charge in [0.25, 0.3) is 5.69 Å². The Kier molecular flexibility index (Phi) is 3.75. The Morgan fingerprint density at radius 1 is 1.50 bits per heavy atom. The Balaban J connectivity index is 3.44. The first kappa shape index (κ1) is 14.2. The summed E-state index contributed by atoms with van der Waals surface area (Å²) in [5, 5.41) is 12.7. The van der Waals surface area contributed by atoms with Gasteiger partial charge in [-0.15, -0.1) is 0 Å². The van der Waals surface area contributed by atoms with Crippen molar-refractivity contribution in [3.63, 3.8) is 0 Å². The average molecular weight is 279 g/mol. The van der Waals surface area contributed by atoms with E-state index in [1.165, 1.54) is 6.92 Å². The van der Waals surface area contributed by atoms with Crippen molar-refractivity contribution < 1.29 is 18.1 Å². The van der Waals surface area contributed by atoms with E-state index in [4.69, 9.17) is 5.73 Å². The molecule has 0 saturated carbocycles. The zero-order valence-corrected chi connectivity index (χ0v) is 9.85. The van der Waals surface area contributed by atoms with Gasteiger partial charge in [0.1, 0.15) is 5.69 Å². The van der Waals surface area contributed by atoms with Crippen molar-refractivity contribution in [1.29, 1.82) is 0 Å². The fourth-order valence-electron chi connectivity index (χ4n) is 1.39. The number of nitro benzene ring substituents is 1. The van der Waals surface area contributed by atoms with Crippen LogP contribution >= 0.6 is 12.2 Å². The van der Waals surface area contributed by atoms with Crippen molar-refractivity contribution in [3.05, 3.63) is 33.4 Å². The summed E-state index contributed by atoms with van der Waals surface area (Å²) in [7, 11) is 0. The third-order valence-electron chi connectivity index (χ3n) is 2.10.